The summed E-state index contributed by atoms with van der Waals surface area (Å²) in [6.45, 7) is 9.30. The zero-order valence-electron chi connectivity index (χ0n) is 17.8. The van der Waals surface area contributed by atoms with Crippen molar-refractivity contribution in [3.05, 3.63) is 40.1 Å². The molecule has 1 aliphatic carbocycles. The SMILES string of the molecule is CCC(=O)OC1(OC(=O)C(C)CC)c2cc(C)c(C)cc2C=C(OC)C1OC. The first-order valence-electron chi connectivity index (χ1n) is 9.58. The van der Waals surface area contributed by atoms with Gasteiger partial charge in [-0.05, 0) is 49.1 Å². The Kier molecular flexibility index (Phi) is 6.88. The third-order valence-electron chi connectivity index (χ3n) is 5.24. The number of methoxy groups -OCH3 is 2. The van der Waals surface area contributed by atoms with Crippen LogP contribution in [0, 0.1) is 19.8 Å². The summed E-state index contributed by atoms with van der Waals surface area (Å²) in [5.41, 5.74) is 3.38. The van der Waals surface area contributed by atoms with Crippen molar-refractivity contribution in [1.82, 2.24) is 0 Å². The van der Waals surface area contributed by atoms with E-state index < -0.39 is 23.8 Å². The van der Waals surface area contributed by atoms with Crippen LogP contribution >= 0.6 is 0 Å². The summed E-state index contributed by atoms with van der Waals surface area (Å²) in [7, 11) is 2.97. The lowest BCUT2D eigenvalue weighted by Crippen LogP contribution is -2.52. The number of fused-ring (bicyclic) bond motifs is 1. The molecule has 1 aromatic rings. The van der Waals surface area contributed by atoms with Crippen molar-refractivity contribution in [2.45, 2.75) is 59.4 Å². The van der Waals surface area contributed by atoms with Gasteiger partial charge in [0, 0.05) is 19.1 Å². The number of carbonyl (C=O) groups is 2. The minimum atomic E-state index is -1.75. The highest BCUT2D eigenvalue weighted by Crippen LogP contribution is 2.44. The van der Waals surface area contributed by atoms with Gasteiger partial charge in [0.25, 0.3) is 0 Å². The quantitative estimate of drug-likeness (QED) is 0.517. The first kappa shape index (κ1) is 22.0. The van der Waals surface area contributed by atoms with E-state index in [1.165, 1.54) is 14.2 Å². The Hall–Kier alpha value is -2.34. The first-order valence-corrected chi connectivity index (χ1v) is 9.58. The fourth-order valence-electron chi connectivity index (χ4n) is 3.15. The number of hydrogen-bond acceptors (Lipinski definition) is 6. The summed E-state index contributed by atoms with van der Waals surface area (Å²) in [6, 6.07) is 3.84. The Balaban J connectivity index is 2.77. The Morgan fingerprint density at radius 2 is 1.75 bits per heavy atom. The Labute approximate surface area is 166 Å². The molecule has 0 fully saturated rings. The van der Waals surface area contributed by atoms with E-state index in [4.69, 9.17) is 18.9 Å². The molecule has 0 saturated heterocycles. The van der Waals surface area contributed by atoms with Gasteiger partial charge in [-0.15, -0.1) is 0 Å². The van der Waals surface area contributed by atoms with Crippen molar-refractivity contribution in [1.29, 1.82) is 0 Å². The molecule has 2 rings (SSSR count). The van der Waals surface area contributed by atoms with Gasteiger partial charge in [-0.1, -0.05) is 26.8 Å². The van der Waals surface area contributed by atoms with Crippen molar-refractivity contribution in [3.63, 3.8) is 0 Å². The molecule has 0 radical (unpaired) electrons. The minimum absolute atomic E-state index is 0.130. The van der Waals surface area contributed by atoms with Crippen molar-refractivity contribution in [2.24, 2.45) is 5.92 Å². The topological polar surface area (TPSA) is 71.1 Å². The van der Waals surface area contributed by atoms with Crippen LogP contribution in [0.5, 0.6) is 0 Å². The highest BCUT2D eigenvalue weighted by atomic mass is 16.8. The predicted molar refractivity (Wildman–Crippen MR) is 105 cm³/mol. The zero-order valence-corrected chi connectivity index (χ0v) is 17.8. The molecule has 1 aromatic carbocycles. The van der Waals surface area contributed by atoms with Crippen LogP contribution in [0.25, 0.3) is 6.08 Å². The molecule has 3 atom stereocenters. The summed E-state index contributed by atoms with van der Waals surface area (Å²) >= 11 is 0. The molecule has 154 valence electrons. The molecule has 1 aliphatic rings. The summed E-state index contributed by atoms with van der Waals surface area (Å²) in [4.78, 5) is 25.2. The minimum Gasteiger partial charge on any atom is -0.498 e. The van der Waals surface area contributed by atoms with Gasteiger partial charge in [-0.25, -0.2) is 0 Å². The van der Waals surface area contributed by atoms with Gasteiger partial charge in [0.2, 0.25) is 0 Å². The molecule has 0 N–H and O–H groups in total. The van der Waals surface area contributed by atoms with E-state index in [1.54, 1.807) is 13.8 Å². The third-order valence-corrected chi connectivity index (χ3v) is 5.24. The van der Waals surface area contributed by atoms with Crippen LogP contribution < -0.4 is 0 Å². The second-order valence-electron chi connectivity index (χ2n) is 7.12. The maximum Gasteiger partial charge on any atom is 0.317 e. The molecule has 6 heteroatoms. The molecule has 0 amide bonds. The van der Waals surface area contributed by atoms with Crippen molar-refractivity contribution in [3.8, 4) is 0 Å². The van der Waals surface area contributed by atoms with E-state index in [1.807, 2.05) is 39.0 Å². The monoisotopic (exact) mass is 390 g/mol. The first-order chi connectivity index (χ1) is 13.2. The van der Waals surface area contributed by atoms with Crippen LogP contribution in [0.1, 0.15) is 55.9 Å². The summed E-state index contributed by atoms with van der Waals surface area (Å²) in [5.74, 6) is -2.66. The molecule has 6 nitrogen and oxygen atoms in total. The summed E-state index contributed by atoms with van der Waals surface area (Å²) in [5, 5.41) is 0. The molecule has 0 bridgehead atoms. The zero-order chi connectivity index (χ0) is 21.1. The maximum absolute atomic E-state index is 12.8. The van der Waals surface area contributed by atoms with Gasteiger partial charge < -0.3 is 18.9 Å². The maximum atomic E-state index is 12.8. The van der Waals surface area contributed by atoms with Gasteiger partial charge >= 0.3 is 17.7 Å². The van der Waals surface area contributed by atoms with Crippen LogP contribution in [0.2, 0.25) is 0 Å². The van der Waals surface area contributed by atoms with Crippen molar-refractivity contribution < 1.29 is 28.5 Å². The van der Waals surface area contributed by atoms with E-state index in [9.17, 15) is 9.59 Å². The van der Waals surface area contributed by atoms with Crippen LogP contribution in [0.4, 0.5) is 0 Å². The number of rotatable bonds is 7. The lowest BCUT2D eigenvalue weighted by atomic mass is 9.85. The largest absolute Gasteiger partial charge is 0.498 e. The second-order valence-corrected chi connectivity index (χ2v) is 7.12. The standard InChI is InChI=1S/C22H30O6/c1-8-13(3)21(24)28-22(27-19(23)9-2)17-11-15(5)14(4)10-16(17)12-18(25-6)20(22)26-7/h10-13,20H,8-9H2,1-7H3. The molecule has 0 aromatic heterocycles. The van der Waals surface area contributed by atoms with Gasteiger partial charge in [-0.3, -0.25) is 9.59 Å². The highest BCUT2D eigenvalue weighted by molar-refractivity contribution is 5.76. The predicted octanol–water partition coefficient (Wildman–Crippen LogP) is 4.01. The van der Waals surface area contributed by atoms with Crippen molar-refractivity contribution >= 4 is 18.0 Å². The average Bonchev–Trinajstić information content (AvgIpc) is 2.68. The number of carbonyl (C=O) groups excluding carboxylic acids is 2. The average molecular weight is 390 g/mol. The molecular formula is C22H30O6. The number of benzene rings is 1. The lowest BCUT2D eigenvalue weighted by molar-refractivity contribution is -0.273. The van der Waals surface area contributed by atoms with Gasteiger partial charge in [0.05, 0.1) is 13.0 Å². The van der Waals surface area contributed by atoms with Gasteiger partial charge in [-0.2, -0.15) is 0 Å². The summed E-state index contributed by atoms with van der Waals surface area (Å²) in [6.07, 6.45) is 1.63. The number of aryl methyl sites for hydroxylation is 2. The highest BCUT2D eigenvalue weighted by Gasteiger charge is 2.55. The normalized spacial score (nSPS) is 22.0. The number of hydrogen-bond donors (Lipinski definition) is 0. The lowest BCUT2D eigenvalue weighted by Gasteiger charge is -2.42. The second kappa shape index (κ2) is 8.78. The van der Waals surface area contributed by atoms with Crippen molar-refractivity contribution in [2.75, 3.05) is 14.2 Å². The number of esters is 2. The van der Waals surface area contributed by atoms with E-state index >= 15 is 0 Å². The molecular weight excluding hydrogens is 360 g/mol. The Morgan fingerprint density at radius 3 is 2.29 bits per heavy atom. The third kappa shape index (κ3) is 3.92. The van der Waals surface area contributed by atoms with Crippen LogP contribution in [-0.2, 0) is 34.3 Å². The molecule has 0 saturated carbocycles. The number of ether oxygens (including phenoxy) is 4. The Morgan fingerprint density at radius 1 is 1.11 bits per heavy atom. The van der Waals surface area contributed by atoms with Gasteiger partial charge in [0.15, 0.2) is 6.10 Å². The molecule has 3 unspecified atom stereocenters. The van der Waals surface area contributed by atoms with Crippen LogP contribution in [0.15, 0.2) is 17.9 Å². The fraction of sp³-hybridized carbons (Fsp3) is 0.545. The fourth-order valence-corrected chi connectivity index (χ4v) is 3.15. The van der Waals surface area contributed by atoms with Crippen LogP contribution in [-0.4, -0.2) is 32.3 Å². The van der Waals surface area contributed by atoms with Crippen LogP contribution in [0.3, 0.4) is 0 Å². The molecule has 0 aliphatic heterocycles. The van der Waals surface area contributed by atoms with E-state index in [-0.39, 0.29) is 12.3 Å². The van der Waals surface area contributed by atoms with E-state index in [0.29, 0.717) is 17.7 Å². The molecule has 0 heterocycles. The molecule has 0 spiro atoms. The Bertz CT molecular complexity index is 781. The van der Waals surface area contributed by atoms with E-state index in [2.05, 4.69) is 0 Å². The smallest absolute Gasteiger partial charge is 0.317 e. The summed E-state index contributed by atoms with van der Waals surface area (Å²) < 4.78 is 22.9. The molecule has 28 heavy (non-hydrogen) atoms. The van der Waals surface area contributed by atoms with Gasteiger partial charge in [0.1, 0.15) is 5.76 Å². The van der Waals surface area contributed by atoms with E-state index in [0.717, 1.165) is 16.7 Å².